The highest BCUT2D eigenvalue weighted by Gasteiger charge is 2.07. The van der Waals surface area contributed by atoms with Crippen LogP contribution in [0.25, 0.3) is 0 Å². The highest BCUT2D eigenvalue weighted by Crippen LogP contribution is 2.00. The van der Waals surface area contributed by atoms with E-state index in [4.69, 9.17) is 27.4 Å². The highest BCUT2D eigenvalue weighted by atomic mass is 32.1. The van der Waals surface area contributed by atoms with Crippen LogP contribution in [0.15, 0.2) is 0 Å². The van der Waals surface area contributed by atoms with Gasteiger partial charge in [0.1, 0.15) is 0 Å². The molecule has 3 nitrogen and oxygen atoms in total. The quantitative estimate of drug-likeness (QED) is 0.487. The van der Waals surface area contributed by atoms with Gasteiger partial charge in [0, 0.05) is 19.6 Å². The summed E-state index contributed by atoms with van der Waals surface area (Å²) in [6, 6.07) is 0. The Hall–Kier alpha value is -0.190. The Morgan fingerprint density at radius 3 is 2.09 bits per heavy atom. The van der Waals surface area contributed by atoms with Gasteiger partial charge in [0.05, 0.1) is 4.99 Å². The van der Waals surface area contributed by atoms with E-state index in [9.17, 15) is 0 Å². The van der Waals surface area contributed by atoms with Crippen LogP contribution in [0.2, 0.25) is 0 Å². The molecule has 0 rings (SSSR count). The van der Waals surface area contributed by atoms with Crippen LogP contribution in [0, 0.1) is 0 Å². The van der Waals surface area contributed by atoms with Gasteiger partial charge in [0.25, 0.3) is 0 Å². The van der Waals surface area contributed by atoms with E-state index in [1.807, 2.05) is 13.8 Å². The van der Waals surface area contributed by atoms with Crippen molar-refractivity contribution in [2.24, 2.45) is 5.73 Å². The fraction of sp³-hybridized carbons (Fsp3) is 0.857. The molecular weight excluding hydrogens is 162 g/mol. The normalized spacial score (nSPS) is 10.5. The molecule has 4 heteroatoms. The Morgan fingerprint density at radius 1 is 1.36 bits per heavy atom. The predicted octanol–water partition coefficient (Wildman–Crippen LogP) is 1.06. The predicted molar refractivity (Wildman–Crippen MR) is 48.4 cm³/mol. The molecule has 0 unspecified atom stereocenters. The number of thiocarbonyl (C=S) groups is 1. The van der Waals surface area contributed by atoms with Gasteiger partial charge < -0.3 is 15.2 Å². The van der Waals surface area contributed by atoms with Gasteiger partial charge >= 0.3 is 0 Å². The van der Waals surface area contributed by atoms with E-state index < -0.39 is 0 Å². The number of nitrogens with two attached hydrogens (primary N) is 1. The van der Waals surface area contributed by atoms with Crippen molar-refractivity contribution >= 4 is 17.2 Å². The zero-order valence-electron chi connectivity index (χ0n) is 7.00. The summed E-state index contributed by atoms with van der Waals surface area (Å²) >= 11 is 4.72. The lowest BCUT2D eigenvalue weighted by Gasteiger charge is -2.15. The smallest absolute Gasteiger partial charge is 0.163 e. The van der Waals surface area contributed by atoms with Crippen LogP contribution < -0.4 is 5.73 Å². The van der Waals surface area contributed by atoms with Gasteiger partial charge in [-0.05, 0) is 13.8 Å². The van der Waals surface area contributed by atoms with Gasteiger partial charge in [0.15, 0.2) is 6.29 Å². The third-order valence-corrected chi connectivity index (χ3v) is 1.24. The van der Waals surface area contributed by atoms with Gasteiger partial charge in [-0.3, -0.25) is 0 Å². The summed E-state index contributed by atoms with van der Waals surface area (Å²) in [5.41, 5.74) is 5.33. The highest BCUT2D eigenvalue weighted by molar-refractivity contribution is 7.80. The van der Waals surface area contributed by atoms with E-state index in [1.54, 1.807) is 0 Å². The summed E-state index contributed by atoms with van der Waals surface area (Å²) < 4.78 is 10.4. The third kappa shape index (κ3) is 6.22. The van der Waals surface area contributed by atoms with Gasteiger partial charge in [-0.15, -0.1) is 0 Å². The standard InChI is InChI=1S/C7H15NO2S/c1-3-9-7(10-4-2)5-6(8)11/h7H,3-5H2,1-2H3,(H2,8,11). The van der Waals surface area contributed by atoms with E-state index in [1.165, 1.54) is 0 Å². The molecule has 2 N–H and O–H groups in total. The van der Waals surface area contributed by atoms with E-state index in [0.29, 0.717) is 24.6 Å². The fourth-order valence-corrected chi connectivity index (χ4v) is 0.838. The summed E-state index contributed by atoms with van der Waals surface area (Å²) in [5, 5.41) is 0. The largest absolute Gasteiger partial charge is 0.393 e. The lowest BCUT2D eigenvalue weighted by Crippen LogP contribution is -2.24. The molecular formula is C7H15NO2S. The number of ether oxygens (including phenoxy) is 2. The zero-order valence-corrected chi connectivity index (χ0v) is 7.82. The van der Waals surface area contributed by atoms with Crippen molar-refractivity contribution in [3.8, 4) is 0 Å². The first-order valence-electron chi connectivity index (χ1n) is 3.72. The molecule has 0 atom stereocenters. The van der Waals surface area contributed by atoms with Crippen LogP contribution in [0.5, 0.6) is 0 Å². The van der Waals surface area contributed by atoms with Crippen LogP contribution in [-0.2, 0) is 9.47 Å². The lowest BCUT2D eigenvalue weighted by atomic mass is 10.4. The van der Waals surface area contributed by atoms with Crippen molar-refractivity contribution in [3.05, 3.63) is 0 Å². The van der Waals surface area contributed by atoms with Crippen LogP contribution >= 0.6 is 12.2 Å². The monoisotopic (exact) mass is 177 g/mol. The minimum absolute atomic E-state index is 0.262. The average molecular weight is 177 g/mol. The molecule has 0 bridgehead atoms. The van der Waals surface area contributed by atoms with Crippen LogP contribution in [0.4, 0.5) is 0 Å². The van der Waals surface area contributed by atoms with Crippen molar-refractivity contribution < 1.29 is 9.47 Å². The number of hydrogen-bond acceptors (Lipinski definition) is 3. The van der Waals surface area contributed by atoms with Crippen molar-refractivity contribution in [2.45, 2.75) is 26.6 Å². The lowest BCUT2D eigenvalue weighted by molar-refractivity contribution is -0.130. The third-order valence-electron chi connectivity index (χ3n) is 1.07. The molecule has 0 spiro atoms. The maximum absolute atomic E-state index is 5.33. The minimum Gasteiger partial charge on any atom is -0.393 e. The second-order valence-corrected chi connectivity index (χ2v) is 2.54. The molecule has 0 radical (unpaired) electrons. The molecule has 0 fully saturated rings. The molecule has 0 amide bonds. The van der Waals surface area contributed by atoms with E-state index in [2.05, 4.69) is 0 Å². The molecule has 11 heavy (non-hydrogen) atoms. The first-order valence-corrected chi connectivity index (χ1v) is 4.13. The maximum atomic E-state index is 5.33. The van der Waals surface area contributed by atoms with Gasteiger partial charge in [0.2, 0.25) is 0 Å². The van der Waals surface area contributed by atoms with Crippen molar-refractivity contribution in [1.29, 1.82) is 0 Å². The molecule has 0 heterocycles. The summed E-state index contributed by atoms with van der Waals surface area (Å²) in [7, 11) is 0. The minimum atomic E-state index is -0.262. The van der Waals surface area contributed by atoms with Crippen molar-refractivity contribution in [3.63, 3.8) is 0 Å². The number of rotatable bonds is 6. The Labute approximate surface area is 72.9 Å². The van der Waals surface area contributed by atoms with Gasteiger partial charge in [-0.25, -0.2) is 0 Å². The van der Waals surface area contributed by atoms with Crippen LogP contribution in [0.1, 0.15) is 20.3 Å². The molecule has 0 aliphatic heterocycles. The van der Waals surface area contributed by atoms with Gasteiger partial charge in [-0.2, -0.15) is 0 Å². The van der Waals surface area contributed by atoms with Crippen LogP contribution in [0.3, 0.4) is 0 Å². The molecule has 0 aromatic rings. The second-order valence-electron chi connectivity index (χ2n) is 2.01. The Morgan fingerprint density at radius 2 is 1.82 bits per heavy atom. The van der Waals surface area contributed by atoms with Crippen molar-refractivity contribution in [1.82, 2.24) is 0 Å². The maximum Gasteiger partial charge on any atom is 0.163 e. The molecule has 0 saturated heterocycles. The Bertz CT molecular complexity index is 113. The molecule has 0 aromatic heterocycles. The first kappa shape index (κ1) is 10.8. The summed E-state index contributed by atoms with van der Waals surface area (Å²) in [5.74, 6) is 0. The Kier molecular flexibility index (Phi) is 6.40. The molecule has 0 aromatic carbocycles. The molecule has 66 valence electrons. The summed E-state index contributed by atoms with van der Waals surface area (Å²) in [4.78, 5) is 0.428. The molecule has 0 aliphatic carbocycles. The van der Waals surface area contributed by atoms with E-state index in [0.717, 1.165) is 0 Å². The van der Waals surface area contributed by atoms with E-state index in [-0.39, 0.29) is 6.29 Å². The first-order chi connectivity index (χ1) is 5.20. The summed E-state index contributed by atoms with van der Waals surface area (Å²) in [6.07, 6.45) is 0.235. The fourth-order valence-electron chi connectivity index (χ4n) is 0.702. The zero-order chi connectivity index (χ0) is 8.69. The molecule has 0 aliphatic rings. The topological polar surface area (TPSA) is 44.5 Å². The average Bonchev–Trinajstić information content (AvgIpc) is 1.87. The summed E-state index contributed by atoms with van der Waals surface area (Å²) in [6.45, 7) is 5.05. The van der Waals surface area contributed by atoms with Gasteiger partial charge in [-0.1, -0.05) is 12.2 Å². The molecule has 0 saturated carbocycles. The Balaban J connectivity index is 3.59. The van der Waals surface area contributed by atoms with E-state index >= 15 is 0 Å². The van der Waals surface area contributed by atoms with Crippen LogP contribution in [-0.4, -0.2) is 24.5 Å². The van der Waals surface area contributed by atoms with Crippen molar-refractivity contribution in [2.75, 3.05) is 13.2 Å². The second kappa shape index (κ2) is 6.52. The number of hydrogen-bond donors (Lipinski definition) is 1. The SMILES string of the molecule is CCOC(CC(N)=S)OCC.